The predicted molar refractivity (Wildman–Crippen MR) is 94.5 cm³/mol. The Balaban J connectivity index is 2.38. The van der Waals surface area contributed by atoms with Gasteiger partial charge in [-0.1, -0.05) is 6.07 Å². The zero-order valence-corrected chi connectivity index (χ0v) is 14.7. The minimum Gasteiger partial charge on any atom is -0.506 e. The van der Waals surface area contributed by atoms with Crippen LogP contribution >= 0.6 is 0 Å². The molecule has 0 saturated carbocycles. The molecular weight excluding hydrogens is 373 g/mol. The lowest BCUT2D eigenvalue weighted by atomic mass is 10.1. The van der Waals surface area contributed by atoms with Gasteiger partial charge in [-0.25, -0.2) is 4.39 Å². The van der Waals surface area contributed by atoms with Gasteiger partial charge < -0.3 is 15.1 Å². The molecule has 2 rings (SSSR count). The number of aryl methyl sites for hydroxylation is 1. The number of amides is 1. The van der Waals surface area contributed by atoms with Crippen LogP contribution in [0.5, 0.6) is 11.5 Å². The number of carbonyl (C=O) groups is 1. The van der Waals surface area contributed by atoms with Gasteiger partial charge in [0.25, 0.3) is 0 Å². The molecule has 9 nitrogen and oxygen atoms in total. The Morgan fingerprint density at radius 1 is 1.32 bits per heavy atom. The highest BCUT2D eigenvalue weighted by Gasteiger charge is 2.24. The highest BCUT2D eigenvalue weighted by atomic mass is 19.1. The number of aliphatic hydroxyl groups excluding tert-OH is 1. The third kappa shape index (κ3) is 4.16. The van der Waals surface area contributed by atoms with Crippen molar-refractivity contribution in [1.29, 1.82) is 5.26 Å². The first-order chi connectivity index (χ1) is 13.1. The monoisotopic (exact) mass is 387 g/mol. The molecule has 144 valence electrons. The molecule has 0 atom stereocenters. The minimum atomic E-state index is -1.11. The van der Waals surface area contributed by atoms with Gasteiger partial charge in [-0.3, -0.25) is 14.9 Å². The summed E-state index contributed by atoms with van der Waals surface area (Å²) in [5.41, 5.74) is -1.10. The smallest absolute Gasteiger partial charge is 0.311 e. The molecule has 28 heavy (non-hydrogen) atoms. The summed E-state index contributed by atoms with van der Waals surface area (Å²) in [6, 6.07) is 8.27. The number of hydroxylamine groups is 2. The number of halogens is 1. The molecule has 2 aromatic carbocycles. The summed E-state index contributed by atoms with van der Waals surface area (Å²) in [6.07, 6.45) is 0. The fourth-order valence-electron chi connectivity index (χ4n) is 2.19. The molecule has 2 aromatic rings. The lowest BCUT2D eigenvalue weighted by molar-refractivity contribution is -0.385. The fourth-order valence-corrected chi connectivity index (χ4v) is 2.19. The van der Waals surface area contributed by atoms with Crippen LogP contribution in [-0.2, 0) is 4.79 Å². The number of aromatic hydroxyl groups is 1. The highest BCUT2D eigenvalue weighted by Crippen LogP contribution is 2.30. The number of carbonyl (C=O) groups excluding carboxylic acids is 1. The van der Waals surface area contributed by atoms with Crippen LogP contribution in [-0.4, -0.2) is 33.2 Å². The second-order valence-electron chi connectivity index (χ2n) is 5.62. The molecule has 10 heteroatoms. The van der Waals surface area contributed by atoms with Gasteiger partial charge in [0.05, 0.1) is 4.92 Å². The molecule has 0 radical (unpaired) electrons. The van der Waals surface area contributed by atoms with E-state index < -0.39 is 39.4 Å². The van der Waals surface area contributed by atoms with Gasteiger partial charge in [-0.2, -0.15) is 10.3 Å². The van der Waals surface area contributed by atoms with Crippen molar-refractivity contribution in [2.45, 2.75) is 6.92 Å². The lowest BCUT2D eigenvalue weighted by Crippen LogP contribution is -2.32. The molecule has 0 heterocycles. The van der Waals surface area contributed by atoms with Gasteiger partial charge >= 0.3 is 11.6 Å². The van der Waals surface area contributed by atoms with E-state index >= 15 is 0 Å². The number of benzene rings is 2. The Hall–Kier alpha value is -4.13. The lowest BCUT2D eigenvalue weighted by Gasteiger charge is -2.18. The topological polar surface area (TPSA) is 137 Å². The van der Waals surface area contributed by atoms with Crippen molar-refractivity contribution in [2.75, 3.05) is 7.05 Å². The maximum Gasteiger partial charge on any atom is 0.311 e. The summed E-state index contributed by atoms with van der Waals surface area (Å²) in [7, 11) is 1.11. The van der Waals surface area contributed by atoms with Crippen LogP contribution in [0.25, 0.3) is 5.76 Å². The standard InChI is InChI=1S/C18H14FN3O6/c1-10-3-5-13(19)16(7-10)28-21(2)18(25)12(9-20)17(24)11-4-6-15(23)14(8-11)22(26)27/h3-8,23-24H,1-2H3/b17-12-. The average Bonchev–Trinajstić information content (AvgIpc) is 2.65. The van der Waals surface area contributed by atoms with Gasteiger partial charge in [0, 0.05) is 18.7 Å². The summed E-state index contributed by atoms with van der Waals surface area (Å²) < 4.78 is 13.8. The number of aliphatic hydroxyl groups is 1. The molecule has 0 fully saturated rings. The minimum absolute atomic E-state index is 0.246. The molecule has 0 bridgehead atoms. The van der Waals surface area contributed by atoms with Crippen molar-refractivity contribution in [2.24, 2.45) is 0 Å². The SMILES string of the molecule is Cc1ccc(F)c(ON(C)C(=O)/C(C#N)=C(\O)c2ccc(O)c([N+](=O)[O-])c2)c1. The number of nitro groups is 1. The van der Waals surface area contributed by atoms with Gasteiger partial charge in [-0.05, 0) is 36.8 Å². The van der Waals surface area contributed by atoms with E-state index in [9.17, 15) is 34.8 Å². The van der Waals surface area contributed by atoms with E-state index in [2.05, 4.69) is 0 Å². The summed E-state index contributed by atoms with van der Waals surface area (Å²) in [6.45, 7) is 1.68. The fraction of sp³-hybridized carbons (Fsp3) is 0.111. The third-order valence-electron chi connectivity index (χ3n) is 3.62. The van der Waals surface area contributed by atoms with Crippen molar-refractivity contribution < 1.29 is 29.2 Å². The number of likely N-dealkylation sites (N-methyl/N-ethyl adjacent to an activating group) is 1. The molecule has 1 amide bonds. The van der Waals surface area contributed by atoms with Crippen molar-refractivity contribution >= 4 is 17.4 Å². The second kappa shape index (κ2) is 8.05. The normalized spacial score (nSPS) is 11.2. The van der Waals surface area contributed by atoms with Crippen LogP contribution in [0.15, 0.2) is 42.0 Å². The Morgan fingerprint density at radius 3 is 2.61 bits per heavy atom. The van der Waals surface area contributed by atoms with E-state index in [-0.39, 0.29) is 11.3 Å². The van der Waals surface area contributed by atoms with E-state index in [4.69, 9.17) is 4.84 Å². The molecule has 0 saturated heterocycles. The van der Waals surface area contributed by atoms with Crippen LogP contribution in [0.2, 0.25) is 0 Å². The molecule has 0 unspecified atom stereocenters. The van der Waals surface area contributed by atoms with E-state index in [1.165, 1.54) is 18.2 Å². The maximum atomic E-state index is 13.8. The number of nitrogens with zero attached hydrogens (tertiary/aromatic N) is 3. The molecule has 0 aliphatic rings. The van der Waals surface area contributed by atoms with Gasteiger partial charge in [0.1, 0.15) is 11.8 Å². The number of nitriles is 1. The van der Waals surface area contributed by atoms with Gasteiger partial charge in [0.15, 0.2) is 22.9 Å². The molecule has 0 aromatic heterocycles. The van der Waals surface area contributed by atoms with Crippen molar-refractivity contribution in [3.05, 3.63) is 69.0 Å². The first-order valence-electron chi connectivity index (χ1n) is 7.69. The van der Waals surface area contributed by atoms with Gasteiger partial charge in [0.2, 0.25) is 0 Å². The summed E-state index contributed by atoms with van der Waals surface area (Å²) >= 11 is 0. The third-order valence-corrected chi connectivity index (χ3v) is 3.62. The Labute approximate surface area is 158 Å². The van der Waals surface area contributed by atoms with Crippen molar-refractivity contribution in [1.82, 2.24) is 5.06 Å². The predicted octanol–water partition coefficient (Wildman–Crippen LogP) is 2.99. The molecular formula is C18H14FN3O6. The number of hydrogen-bond donors (Lipinski definition) is 2. The van der Waals surface area contributed by atoms with Crippen molar-refractivity contribution in [3.8, 4) is 17.6 Å². The molecule has 0 spiro atoms. The second-order valence-corrected chi connectivity index (χ2v) is 5.62. The number of nitro benzene ring substituents is 1. The zero-order valence-electron chi connectivity index (χ0n) is 14.7. The first kappa shape index (κ1) is 20.2. The average molecular weight is 387 g/mol. The van der Waals surface area contributed by atoms with Gasteiger partial charge in [-0.15, -0.1) is 0 Å². The van der Waals surface area contributed by atoms with E-state index in [0.29, 0.717) is 10.6 Å². The largest absolute Gasteiger partial charge is 0.506 e. The van der Waals surface area contributed by atoms with E-state index in [0.717, 1.165) is 31.3 Å². The number of hydrogen-bond acceptors (Lipinski definition) is 7. The Kier molecular flexibility index (Phi) is 5.80. The summed E-state index contributed by atoms with van der Waals surface area (Å²) in [5.74, 6) is -3.65. The Bertz CT molecular complexity index is 1030. The quantitative estimate of drug-likeness (QED) is 0.264. The highest BCUT2D eigenvalue weighted by molar-refractivity contribution is 6.03. The van der Waals surface area contributed by atoms with E-state index in [1.54, 1.807) is 6.92 Å². The van der Waals surface area contributed by atoms with Crippen molar-refractivity contribution in [3.63, 3.8) is 0 Å². The van der Waals surface area contributed by atoms with Crippen LogP contribution in [0.3, 0.4) is 0 Å². The zero-order chi connectivity index (χ0) is 21.0. The molecule has 2 N–H and O–H groups in total. The molecule has 0 aliphatic heterocycles. The molecule has 0 aliphatic carbocycles. The number of phenols is 1. The number of phenolic OH excluding ortho intramolecular Hbond substituents is 1. The first-order valence-corrected chi connectivity index (χ1v) is 7.69. The summed E-state index contributed by atoms with van der Waals surface area (Å²) in [5, 5.41) is 40.4. The maximum absolute atomic E-state index is 13.8. The Morgan fingerprint density at radius 2 is 2.00 bits per heavy atom. The van der Waals surface area contributed by atoms with Crippen LogP contribution < -0.4 is 4.84 Å². The summed E-state index contributed by atoms with van der Waals surface area (Å²) in [4.78, 5) is 27.5. The van der Waals surface area contributed by atoms with Crippen LogP contribution in [0.1, 0.15) is 11.1 Å². The van der Waals surface area contributed by atoms with Crippen LogP contribution in [0.4, 0.5) is 10.1 Å². The number of rotatable bonds is 5. The van der Waals surface area contributed by atoms with E-state index in [1.807, 2.05) is 0 Å². The van der Waals surface area contributed by atoms with Crippen LogP contribution in [0, 0.1) is 34.2 Å².